The summed E-state index contributed by atoms with van der Waals surface area (Å²) >= 11 is 0. The van der Waals surface area contributed by atoms with Crippen LogP contribution in [-0.2, 0) is 4.79 Å². The van der Waals surface area contributed by atoms with Gasteiger partial charge in [-0.05, 0) is 18.9 Å². The van der Waals surface area contributed by atoms with Crippen molar-refractivity contribution >= 4 is 6.29 Å². The van der Waals surface area contributed by atoms with Gasteiger partial charge < -0.3 is 0 Å². The molecular weight excluding hydrogens is 100 g/mol. The van der Waals surface area contributed by atoms with Gasteiger partial charge in [0.15, 0.2) is 0 Å². The molecule has 0 radical (unpaired) electrons. The average Bonchev–Trinajstić information content (AvgIpc) is 1.67. The molecular formula is C7H12O. The summed E-state index contributed by atoms with van der Waals surface area (Å²) < 4.78 is 0. The van der Waals surface area contributed by atoms with Gasteiger partial charge >= 0.3 is 0 Å². The van der Waals surface area contributed by atoms with Gasteiger partial charge in [0, 0.05) is 0 Å². The molecule has 0 heterocycles. The molecule has 0 aromatic rings. The highest BCUT2D eigenvalue weighted by molar-refractivity contribution is 5.65. The molecule has 0 saturated heterocycles. The highest BCUT2D eigenvalue weighted by atomic mass is 16.1. The summed E-state index contributed by atoms with van der Waals surface area (Å²) in [6.07, 6.45) is 2.43. The van der Waals surface area contributed by atoms with E-state index in [1.54, 1.807) is 6.08 Å². The Hall–Kier alpha value is -0.590. The predicted molar refractivity (Wildman–Crippen MR) is 34.7 cm³/mol. The maximum Gasteiger partial charge on any atom is 0.142 e. The maximum atomic E-state index is 9.84. The van der Waals surface area contributed by atoms with Gasteiger partial charge in [0.1, 0.15) is 6.29 Å². The van der Waals surface area contributed by atoms with E-state index in [4.69, 9.17) is 0 Å². The smallest absolute Gasteiger partial charge is 0.142 e. The van der Waals surface area contributed by atoms with E-state index in [1.165, 1.54) is 0 Å². The summed E-state index contributed by atoms with van der Waals surface area (Å²) in [5, 5.41) is 0. The minimum Gasteiger partial charge on any atom is -0.299 e. The van der Waals surface area contributed by atoms with Crippen molar-refractivity contribution in [3.63, 3.8) is 0 Å². The van der Waals surface area contributed by atoms with E-state index in [-0.39, 0.29) is 0 Å². The first-order valence-electron chi connectivity index (χ1n) is 2.80. The Labute approximate surface area is 50.4 Å². The van der Waals surface area contributed by atoms with Crippen LogP contribution in [0.15, 0.2) is 11.6 Å². The molecule has 0 atom stereocenters. The molecule has 0 aromatic carbocycles. The van der Waals surface area contributed by atoms with Crippen molar-refractivity contribution in [1.82, 2.24) is 0 Å². The Balaban J connectivity index is 3.78. The van der Waals surface area contributed by atoms with Crippen molar-refractivity contribution in [2.75, 3.05) is 0 Å². The highest BCUT2D eigenvalue weighted by Gasteiger charge is 1.92. The summed E-state index contributed by atoms with van der Waals surface area (Å²) in [4.78, 5) is 9.84. The molecule has 0 amide bonds. The lowest BCUT2D eigenvalue weighted by Crippen LogP contribution is -1.87. The number of carbonyl (C=O) groups is 1. The Morgan fingerprint density at radius 2 is 2.00 bits per heavy atom. The van der Waals surface area contributed by atoms with Crippen LogP contribution < -0.4 is 0 Å². The van der Waals surface area contributed by atoms with E-state index in [9.17, 15) is 4.79 Å². The third-order valence-corrected chi connectivity index (χ3v) is 1.24. The van der Waals surface area contributed by atoms with Crippen molar-refractivity contribution < 1.29 is 4.79 Å². The molecule has 0 fully saturated rings. The molecule has 0 saturated carbocycles. The first kappa shape index (κ1) is 7.41. The molecule has 46 valence electrons. The quantitative estimate of drug-likeness (QED) is 0.393. The summed E-state index contributed by atoms with van der Waals surface area (Å²) in [6, 6.07) is 0. The monoisotopic (exact) mass is 112 g/mol. The fourth-order valence-corrected chi connectivity index (χ4v) is 0.300. The molecule has 0 aliphatic carbocycles. The molecule has 0 aliphatic heterocycles. The molecule has 1 nitrogen and oxygen atoms in total. The van der Waals surface area contributed by atoms with Crippen molar-refractivity contribution in [1.29, 1.82) is 0 Å². The molecule has 1 heteroatoms. The molecule has 0 N–H and O–H groups in total. The van der Waals surface area contributed by atoms with Crippen LogP contribution in [0.1, 0.15) is 20.8 Å². The topological polar surface area (TPSA) is 17.1 Å². The lowest BCUT2D eigenvalue weighted by Gasteiger charge is -1.99. The lowest BCUT2D eigenvalue weighted by atomic mass is 10.1. The van der Waals surface area contributed by atoms with Crippen LogP contribution in [-0.4, -0.2) is 6.29 Å². The fourth-order valence-electron chi connectivity index (χ4n) is 0.300. The Morgan fingerprint density at radius 1 is 1.50 bits per heavy atom. The molecule has 8 heavy (non-hydrogen) atoms. The van der Waals surface area contributed by atoms with Crippen molar-refractivity contribution in [2.45, 2.75) is 20.8 Å². The van der Waals surface area contributed by atoms with E-state index in [1.807, 2.05) is 6.92 Å². The average molecular weight is 112 g/mol. The molecule has 0 spiro atoms. The normalized spacial score (nSPS) is 12.2. The van der Waals surface area contributed by atoms with E-state index >= 15 is 0 Å². The molecule has 0 bridgehead atoms. The molecule has 0 aromatic heterocycles. The van der Waals surface area contributed by atoms with Gasteiger partial charge in [-0.15, -0.1) is 0 Å². The van der Waals surface area contributed by atoms with E-state index < -0.39 is 0 Å². The second-order valence-corrected chi connectivity index (χ2v) is 2.20. The Bertz CT molecular complexity index is 101. The zero-order valence-corrected chi connectivity index (χ0v) is 5.64. The number of carbonyl (C=O) groups excluding carboxylic acids is 1. The summed E-state index contributed by atoms with van der Waals surface area (Å²) in [5.41, 5.74) is 1.14. The maximum absolute atomic E-state index is 9.84. The number of hydrogen-bond donors (Lipinski definition) is 0. The van der Waals surface area contributed by atoms with Crippen LogP contribution in [0.3, 0.4) is 0 Å². The van der Waals surface area contributed by atoms with Crippen LogP contribution in [0.5, 0.6) is 0 Å². The number of aldehydes is 1. The van der Waals surface area contributed by atoms with Crippen molar-refractivity contribution in [3.05, 3.63) is 11.6 Å². The summed E-state index contributed by atoms with van der Waals surface area (Å²) in [5.74, 6) is 0.500. The summed E-state index contributed by atoms with van der Waals surface area (Å²) in [7, 11) is 0. The van der Waals surface area contributed by atoms with Gasteiger partial charge in [-0.3, -0.25) is 4.79 Å². The van der Waals surface area contributed by atoms with Gasteiger partial charge in [0.25, 0.3) is 0 Å². The second-order valence-electron chi connectivity index (χ2n) is 2.20. The van der Waals surface area contributed by atoms with Crippen LogP contribution in [0.4, 0.5) is 0 Å². The van der Waals surface area contributed by atoms with Crippen molar-refractivity contribution in [2.24, 2.45) is 5.92 Å². The molecule has 0 unspecified atom stereocenters. The zero-order valence-electron chi connectivity index (χ0n) is 5.64. The third-order valence-electron chi connectivity index (χ3n) is 1.24. The standard InChI is InChI=1S/C7H12O/c1-6(2)7(3)4-5-8/h4-6H,1-3H3/b7-4+. The van der Waals surface area contributed by atoms with Gasteiger partial charge in [-0.25, -0.2) is 0 Å². The molecule has 0 aliphatic rings. The van der Waals surface area contributed by atoms with Crippen LogP contribution >= 0.6 is 0 Å². The summed E-state index contributed by atoms with van der Waals surface area (Å²) in [6.45, 7) is 6.09. The Kier molecular flexibility index (Phi) is 3.16. The van der Waals surface area contributed by atoms with E-state index in [0.29, 0.717) is 5.92 Å². The lowest BCUT2D eigenvalue weighted by molar-refractivity contribution is -0.104. The van der Waals surface area contributed by atoms with Gasteiger partial charge in [0.2, 0.25) is 0 Å². The van der Waals surface area contributed by atoms with Crippen LogP contribution in [0, 0.1) is 5.92 Å². The first-order valence-corrected chi connectivity index (χ1v) is 2.80. The van der Waals surface area contributed by atoms with Crippen LogP contribution in [0.2, 0.25) is 0 Å². The third kappa shape index (κ3) is 2.56. The SMILES string of the molecule is C/C(=C\C=O)C(C)C. The van der Waals surface area contributed by atoms with Gasteiger partial charge in [-0.1, -0.05) is 19.4 Å². The van der Waals surface area contributed by atoms with Crippen molar-refractivity contribution in [3.8, 4) is 0 Å². The van der Waals surface area contributed by atoms with Gasteiger partial charge in [-0.2, -0.15) is 0 Å². The van der Waals surface area contributed by atoms with Crippen LogP contribution in [0.25, 0.3) is 0 Å². The zero-order chi connectivity index (χ0) is 6.57. The minimum atomic E-state index is 0.500. The van der Waals surface area contributed by atoms with E-state index in [2.05, 4.69) is 13.8 Å². The fraction of sp³-hybridized carbons (Fsp3) is 0.571. The second kappa shape index (κ2) is 3.42. The number of hydrogen-bond acceptors (Lipinski definition) is 1. The van der Waals surface area contributed by atoms with E-state index in [0.717, 1.165) is 11.9 Å². The minimum absolute atomic E-state index is 0.500. The number of allylic oxidation sites excluding steroid dienone is 2. The Morgan fingerprint density at radius 3 is 2.12 bits per heavy atom. The highest BCUT2D eigenvalue weighted by Crippen LogP contribution is 2.05. The van der Waals surface area contributed by atoms with Gasteiger partial charge in [0.05, 0.1) is 0 Å². The number of rotatable bonds is 2. The first-order chi connectivity index (χ1) is 3.68. The largest absolute Gasteiger partial charge is 0.299 e. The predicted octanol–water partition coefficient (Wildman–Crippen LogP) is 1.79. The molecule has 0 rings (SSSR count).